The lowest BCUT2D eigenvalue weighted by Crippen LogP contribution is -1.98. The lowest BCUT2D eigenvalue weighted by atomic mass is 10.0. The van der Waals surface area contributed by atoms with Gasteiger partial charge >= 0.3 is 0 Å². The second kappa shape index (κ2) is 5.39. The van der Waals surface area contributed by atoms with Gasteiger partial charge in [0.25, 0.3) is 0 Å². The second-order valence-electron chi connectivity index (χ2n) is 3.27. The van der Waals surface area contributed by atoms with Gasteiger partial charge in [-0.1, -0.05) is 36.0 Å². The number of nitrogens with zero attached hydrogens (tertiary/aromatic N) is 1. The van der Waals surface area contributed by atoms with Gasteiger partial charge in [0.15, 0.2) is 0 Å². The SMILES string of the molecule is CC#CC(C)c1c(Cl)ncc(CC)c1Cl. The van der Waals surface area contributed by atoms with E-state index < -0.39 is 0 Å². The molecule has 1 unspecified atom stereocenters. The molecule has 1 rings (SSSR count). The molecule has 0 saturated carbocycles. The van der Waals surface area contributed by atoms with Crippen LogP contribution in [-0.4, -0.2) is 4.98 Å². The number of hydrogen-bond donors (Lipinski definition) is 0. The van der Waals surface area contributed by atoms with E-state index in [0.29, 0.717) is 10.2 Å². The fourth-order valence-corrected chi connectivity index (χ4v) is 2.22. The van der Waals surface area contributed by atoms with Crippen molar-refractivity contribution in [3.63, 3.8) is 0 Å². The summed E-state index contributed by atoms with van der Waals surface area (Å²) in [5.41, 5.74) is 1.85. The zero-order valence-corrected chi connectivity index (χ0v) is 10.6. The van der Waals surface area contributed by atoms with Crippen molar-refractivity contribution < 1.29 is 0 Å². The highest BCUT2D eigenvalue weighted by molar-refractivity contribution is 6.35. The molecule has 0 aromatic carbocycles. The van der Waals surface area contributed by atoms with Crippen molar-refractivity contribution >= 4 is 23.2 Å². The van der Waals surface area contributed by atoms with Crippen molar-refractivity contribution in [2.24, 2.45) is 0 Å². The molecule has 80 valence electrons. The van der Waals surface area contributed by atoms with Gasteiger partial charge < -0.3 is 0 Å². The van der Waals surface area contributed by atoms with Gasteiger partial charge in [0.2, 0.25) is 0 Å². The van der Waals surface area contributed by atoms with Crippen LogP contribution in [0, 0.1) is 11.8 Å². The molecule has 3 heteroatoms. The van der Waals surface area contributed by atoms with E-state index in [0.717, 1.165) is 17.5 Å². The van der Waals surface area contributed by atoms with Gasteiger partial charge in [0.1, 0.15) is 5.15 Å². The van der Waals surface area contributed by atoms with E-state index in [1.54, 1.807) is 13.1 Å². The van der Waals surface area contributed by atoms with Crippen molar-refractivity contribution in [2.45, 2.75) is 33.1 Å². The number of pyridine rings is 1. The summed E-state index contributed by atoms with van der Waals surface area (Å²) in [5.74, 6) is 5.92. The normalized spacial score (nSPS) is 11.8. The van der Waals surface area contributed by atoms with Crippen molar-refractivity contribution in [2.75, 3.05) is 0 Å². The molecule has 0 bridgehead atoms. The molecule has 1 atom stereocenters. The van der Waals surface area contributed by atoms with Gasteiger partial charge in [-0.15, -0.1) is 5.92 Å². The Morgan fingerprint density at radius 3 is 2.67 bits per heavy atom. The Labute approximate surface area is 101 Å². The summed E-state index contributed by atoms with van der Waals surface area (Å²) in [6.07, 6.45) is 2.57. The van der Waals surface area contributed by atoms with Gasteiger partial charge in [-0.3, -0.25) is 0 Å². The molecule has 0 aliphatic carbocycles. The molecule has 1 nitrogen and oxygen atoms in total. The van der Waals surface area contributed by atoms with E-state index in [-0.39, 0.29) is 5.92 Å². The Hall–Kier alpha value is -0.710. The van der Waals surface area contributed by atoms with Crippen LogP contribution in [0.1, 0.15) is 37.8 Å². The lowest BCUT2D eigenvalue weighted by molar-refractivity contribution is 0.968. The largest absolute Gasteiger partial charge is 0.244 e. The van der Waals surface area contributed by atoms with E-state index in [1.807, 2.05) is 13.8 Å². The van der Waals surface area contributed by atoms with E-state index in [2.05, 4.69) is 16.8 Å². The molecule has 0 N–H and O–H groups in total. The van der Waals surface area contributed by atoms with Crippen molar-refractivity contribution in [3.05, 3.63) is 27.5 Å². The van der Waals surface area contributed by atoms with Crippen LogP contribution in [0.2, 0.25) is 10.2 Å². The Balaban J connectivity index is 3.30. The Bertz CT molecular complexity index is 416. The average Bonchev–Trinajstić information content (AvgIpc) is 2.18. The van der Waals surface area contributed by atoms with Crippen LogP contribution in [0.5, 0.6) is 0 Å². The van der Waals surface area contributed by atoms with Crippen molar-refractivity contribution in [1.82, 2.24) is 4.98 Å². The average molecular weight is 242 g/mol. The number of hydrogen-bond acceptors (Lipinski definition) is 1. The van der Waals surface area contributed by atoms with E-state index in [9.17, 15) is 0 Å². The maximum absolute atomic E-state index is 6.25. The zero-order valence-electron chi connectivity index (χ0n) is 9.06. The summed E-state index contributed by atoms with van der Waals surface area (Å²) < 4.78 is 0. The van der Waals surface area contributed by atoms with Crippen molar-refractivity contribution in [1.29, 1.82) is 0 Å². The molecule has 0 aliphatic rings. The van der Waals surface area contributed by atoms with Gasteiger partial charge in [-0.05, 0) is 25.8 Å². The minimum atomic E-state index is 0.0222. The molecule has 0 radical (unpaired) electrons. The molecule has 0 fully saturated rings. The number of halogens is 2. The predicted molar refractivity (Wildman–Crippen MR) is 65.5 cm³/mol. The number of rotatable bonds is 2. The first-order valence-corrected chi connectivity index (χ1v) is 5.62. The molecule has 0 spiro atoms. The summed E-state index contributed by atoms with van der Waals surface area (Å²) >= 11 is 12.3. The molecular formula is C12H13Cl2N. The first-order chi connectivity index (χ1) is 7.11. The first-order valence-electron chi connectivity index (χ1n) is 4.86. The maximum Gasteiger partial charge on any atom is 0.134 e. The minimum absolute atomic E-state index is 0.0222. The fourth-order valence-electron chi connectivity index (χ4n) is 1.43. The molecule has 15 heavy (non-hydrogen) atoms. The molecule has 0 saturated heterocycles. The minimum Gasteiger partial charge on any atom is -0.244 e. The highest BCUT2D eigenvalue weighted by Gasteiger charge is 2.15. The molecule has 0 aliphatic heterocycles. The summed E-state index contributed by atoms with van der Waals surface area (Å²) in [6.45, 7) is 5.82. The third-order valence-corrected chi connectivity index (χ3v) is 3.00. The first kappa shape index (κ1) is 12.4. The third kappa shape index (κ3) is 2.65. The van der Waals surface area contributed by atoms with Gasteiger partial charge in [-0.2, -0.15) is 0 Å². The van der Waals surface area contributed by atoms with Crippen LogP contribution < -0.4 is 0 Å². The van der Waals surface area contributed by atoms with E-state index in [4.69, 9.17) is 23.2 Å². The molecular weight excluding hydrogens is 229 g/mol. The quantitative estimate of drug-likeness (QED) is 0.562. The molecule has 1 heterocycles. The predicted octanol–water partition coefficient (Wildman–Crippen LogP) is 4.08. The second-order valence-corrected chi connectivity index (χ2v) is 4.01. The van der Waals surface area contributed by atoms with E-state index >= 15 is 0 Å². The number of aromatic nitrogens is 1. The van der Waals surface area contributed by atoms with Gasteiger partial charge in [0, 0.05) is 17.7 Å². The van der Waals surface area contributed by atoms with Crippen LogP contribution in [0.3, 0.4) is 0 Å². The van der Waals surface area contributed by atoms with Crippen LogP contribution in [0.15, 0.2) is 6.20 Å². The smallest absolute Gasteiger partial charge is 0.134 e. The lowest BCUT2D eigenvalue weighted by Gasteiger charge is -2.12. The molecule has 0 amide bonds. The summed E-state index contributed by atoms with van der Waals surface area (Å²) in [4.78, 5) is 4.13. The maximum atomic E-state index is 6.25. The van der Waals surface area contributed by atoms with E-state index in [1.165, 1.54) is 0 Å². The zero-order chi connectivity index (χ0) is 11.4. The highest BCUT2D eigenvalue weighted by atomic mass is 35.5. The topological polar surface area (TPSA) is 12.9 Å². The monoisotopic (exact) mass is 241 g/mol. The molecule has 1 aromatic rings. The summed E-state index contributed by atoms with van der Waals surface area (Å²) in [6, 6.07) is 0. The van der Waals surface area contributed by atoms with Crippen LogP contribution >= 0.6 is 23.2 Å². The Morgan fingerprint density at radius 2 is 2.13 bits per heavy atom. The highest BCUT2D eigenvalue weighted by Crippen LogP contribution is 2.32. The van der Waals surface area contributed by atoms with Crippen LogP contribution in [0.25, 0.3) is 0 Å². The standard InChI is InChI=1S/C12H13Cl2N/c1-4-6-8(3)10-11(13)9(5-2)7-15-12(10)14/h7-8H,5H2,1-3H3. The number of aryl methyl sites for hydroxylation is 1. The summed E-state index contributed by atoms with van der Waals surface area (Å²) in [7, 11) is 0. The van der Waals surface area contributed by atoms with Crippen LogP contribution in [-0.2, 0) is 6.42 Å². The Morgan fingerprint density at radius 1 is 1.47 bits per heavy atom. The fraction of sp³-hybridized carbons (Fsp3) is 0.417. The van der Waals surface area contributed by atoms with Crippen LogP contribution in [0.4, 0.5) is 0 Å². The Kier molecular flexibility index (Phi) is 4.45. The summed E-state index contributed by atoms with van der Waals surface area (Å²) in [5, 5.41) is 1.15. The molecule has 1 aromatic heterocycles. The third-order valence-electron chi connectivity index (χ3n) is 2.25. The van der Waals surface area contributed by atoms with Gasteiger partial charge in [-0.25, -0.2) is 4.98 Å². The van der Waals surface area contributed by atoms with Crippen molar-refractivity contribution in [3.8, 4) is 11.8 Å². The van der Waals surface area contributed by atoms with Gasteiger partial charge in [0.05, 0.1) is 5.02 Å².